The van der Waals surface area contributed by atoms with Gasteiger partial charge in [0, 0.05) is 18.5 Å². The fourth-order valence-corrected chi connectivity index (χ4v) is 3.07. The molecule has 0 amide bonds. The van der Waals surface area contributed by atoms with Crippen LogP contribution < -0.4 is 0 Å². The van der Waals surface area contributed by atoms with Gasteiger partial charge in [0.2, 0.25) is 0 Å². The van der Waals surface area contributed by atoms with Crippen molar-refractivity contribution in [3.8, 4) is 0 Å². The lowest BCUT2D eigenvalue weighted by molar-refractivity contribution is 0.290. The number of halogens is 1. The monoisotopic (exact) mass is 276 g/mol. The molecule has 1 unspecified atom stereocenters. The first kappa shape index (κ1) is 11.8. The lowest BCUT2D eigenvalue weighted by atomic mass is 10.0. The van der Waals surface area contributed by atoms with Crippen molar-refractivity contribution in [1.82, 2.24) is 5.01 Å². The van der Waals surface area contributed by atoms with Gasteiger partial charge in [-0.3, -0.25) is 5.01 Å². The minimum Gasteiger partial charge on any atom is -0.292 e. The molecule has 4 heteroatoms. The van der Waals surface area contributed by atoms with Gasteiger partial charge in [-0.05, 0) is 29.1 Å². The number of hydrogen-bond donors (Lipinski definition) is 0. The molecule has 0 N–H and O–H groups in total. The van der Waals surface area contributed by atoms with E-state index in [-0.39, 0.29) is 0 Å². The second-order valence-electron chi connectivity index (χ2n) is 4.37. The van der Waals surface area contributed by atoms with Gasteiger partial charge >= 0.3 is 0 Å². The Morgan fingerprint density at radius 3 is 2.72 bits per heavy atom. The van der Waals surface area contributed by atoms with E-state index in [2.05, 4.69) is 34.7 Å². The smallest absolute Gasteiger partial charge is 0.0801 e. The highest BCUT2D eigenvalue weighted by molar-refractivity contribution is 7.12. The normalized spacial score (nSPS) is 19.1. The van der Waals surface area contributed by atoms with Crippen LogP contribution in [0.1, 0.15) is 22.9 Å². The summed E-state index contributed by atoms with van der Waals surface area (Å²) < 4.78 is 0. The maximum atomic E-state index is 5.92. The Morgan fingerprint density at radius 1 is 1.28 bits per heavy atom. The molecule has 2 nitrogen and oxygen atoms in total. The first-order valence-electron chi connectivity index (χ1n) is 5.84. The third kappa shape index (κ3) is 2.16. The van der Waals surface area contributed by atoms with Gasteiger partial charge < -0.3 is 0 Å². The number of hydrazone groups is 1. The molecule has 0 aliphatic carbocycles. The van der Waals surface area contributed by atoms with E-state index in [9.17, 15) is 0 Å². The van der Waals surface area contributed by atoms with Crippen LogP contribution in [-0.2, 0) is 0 Å². The summed E-state index contributed by atoms with van der Waals surface area (Å²) >= 11 is 7.67. The van der Waals surface area contributed by atoms with Crippen molar-refractivity contribution in [3.05, 3.63) is 57.2 Å². The predicted octanol–water partition coefficient (Wildman–Crippen LogP) is 4.18. The minimum atomic E-state index is 0.319. The lowest BCUT2D eigenvalue weighted by Gasteiger charge is -2.18. The van der Waals surface area contributed by atoms with Crippen molar-refractivity contribution < 1.29 is 0 Å². The Bertz CT molecular complexity index is 560. The average molecular weight is 277 g/mol. The van der Waals surface area contributed by atoms with Gasteiger partial charge in [-0.15, -0.1) is 11.3 Å². The molecule has 18 heavy (non-hydrogen) atoms. The molecule has 0 bridgehead atoms. The van der Waals surface area contributed by atoms with Crippen LogP contribution in [0.3, 0.4) is 0 Å². The molecular formula is C14H13ClN2S. The summed E-state index contributed by atoms with van der Waals surface area (Å²) in [5.74, 6) is 0. The predicted molar refractivity (Wildman–Crippen MR) is 77.4 cm³/mol. The first-order chi connectivity index (χ1) is 8.74. The van der Waals surface area contributed by atoms with Crippen molar-refractivity contribution in [2.45, 2.75) is 12.5 Å². The highest BCUT2D eigenvalue weighted by atomic mass is 35.5. The largest absolute Gasteiger partial charge is 0.292 e. The summed E-state index contributed by atoms with van der Waals surface area (Å²) in [7, 11) is 2.03. The molecule has 0 fully saturated rings. The van der Waals surface area contributed by atoms with E-state index in [0.717, 1.165) is 11.4 Å². The fraction of sp³-hybridized carbons (Fsp3) is 0.214. The highest BCUT2D eigenvalue weighted by Crippen LogP contribution is 2.32. The molecule has 0 saturated carbocycles. The van der Waals surface area contributed by atoms with Gasteiger partial charge in [-0.25, -0.2) is 0 Å². The maximum Gasteiger partial charge on any atom is 0.0801 e. The van der Waals surface area contributed by atoms with E-state index in [1.807, 2.05) is 24.2 Å². The second kappa shape index (κ2) is 4.75. The molecule has 0 saturated heterocycles. The van der Waals surface area contributed by atoms with E-state index in [1.165, 1.54) is 16.2 Å². The van der Waals surface area contributed by atoms with Crippen molar-refractivity contribution in [2.75, 3.05) is 7.05 Å². The standard InChI is InChI=1S/C14H13ClN2S/c1-17-13(10-4-6-11(15)7-5-10)9-12(16-17)14-3-2-8-18-14/h2-8,13H,9H2,1H3. The average Bonchev–Trinajstić information content (AvgIpc) is 2.99. The van der Waals surface area contributed by atoms with Gasteiger partial charge in [0.25, 0.3) is 0 Å². The zero-order chi connectivity index (χ0) is 12.5. The summed E-state index contributed by atoms with van der Waals surface area (Å²) in [5, 5.41) is 9.55. The molecule has 2 aromatic rings. The summed E-state index contributed by atoms with van der Waals surface area (Å²) in [6.45, 7) is 0. The summed E-state index contributed by atoms with van der Waals surface area (Å²) in [4.78, 5) is 1.26. The minimum absolute atomic E-state index is 0.319. The number of hydrogen-bond acceptors (Lipinski definition) is 3. The molecule has 1 aliphatic heterocycles. The van der Waals surface area contributed by atoms with Gasteiger partial charge in [0.05, 0.1) is 16.6 Å². The van der Waals surface area contributed by atoms with Crippen LogP contribution in [0.25, 0.3) is 0 Å². The Morgan fingerprint density at radius 2 is 2.06 bits per heavy atom. The topological polar surface area (TPSA) is 15.6 Å². The number of nitrogens with zero attached hydrogens (tertiary/aromatic N) is 2. The zero-order valence-corrected chi connectivity index (χ0v) is 11.6. The molecule has 1 atom stereocenters. The Labute approximate surface area is 116 Å². The molecule has 1 aromatic heterocycles. The van der Waals surface area contributed by atoms with Crippen LogP contribution in [0.15, 0.2) is 46.9 Å². The van der Waals surface area contributed by atoms with Crippen LogP contribution in [0, 0.1) is 0 Å². The summed E-state index contributed by atoms with van der Waals surface area (Å²) in [5.41, 5.74) is 2.43. The third-order valence-corrected chi connectivity index (χ3v) is 4.35. The van der Waals surface area contributed by atoms with Crippen molar-refractivity contribution in [3.63, 3.8) is 0 Å². The van der Waals surface area contributed by atoms with Crippen molar-refractivity contribution >= 4 is 28.6 Å². The van der Waals surface area contributed by atoms with E-state index >= 15 is 0 Å². The summed E-state index contributed by atoms with van der Waals surface area (Å²) in [6.07, 6.45) is 0.957. The molecule has 1 aromatic carbocycles. The van der Waals surface area contributed by atoms with E-state index in [0.29, 0.717) is 6.04 Å². The quantitative estimate of drug-likeness (QED) is 0.803. The number of thiophene rings is 1. The molecular weight excluding hydrogens is 264 g/mol. The molecule has 0 radical (unpaired) electrons. The van der Waals surface area contributed by atoms with Crippen LogP contribution in [0.5, 0.6) is 0 Å². The van der Waals surface area contributed by atoms with Crippen molar-refractivity contribution in [2.24, 2.45) is 5.10 Å². The van der Waals surface area contributed by atoms with Crippen LogP contribution in [0.2, 0.25) is 5.02 Å². The molecule has 92 valence electrons. The van der Waals surface area contributed by atoms with Gasteiger partial charge in [0.15, 0.2) is 0 Å². The van der Waals surface area contributed by atoms with Crippen LogP contribution in [0.4, 0.5) is 0 Å². The Kier molecular flexibility index (Phi) is 3.10. The van der Waals surface area contributed by atoms with Gasteiger partial charge in [-0.2, -0.15) is 5.10 Å². The molecule has 1 aliphatic rings. The fourth-order valence-electron chi connectivity index (χ4n) is 2.23. The molecule has 0 spiro atoms. The van der Waals surface area contributed by atoms with E-state index in [1.54, 1.807) is 11.3 Å². The Hall–Kier alpha value is -1.32. The zero-order valence-electron chi connectivity index (χ0n) is 10.0. The second-order valence-corrected chi connectivity index (χ2v) is 5.75. The number of rotatable bonds is 2. The SMILES string of the molecule is CN1N=C(c2cccs2)CC1c1ccc(Cl)cc1. The first-order valence-corrected chi connectivity index (χ1v) is 7.09. The van der Waals surface area contributed by atoms with E-state index < -0.39 is 0 Å². The Balaban J connectivity index is 1.84. The van der Waals surface area contributed by atoms with Crippen molar-refractivity contribution in [1.29, 1.82) is 0 Å². The van der Waals surface area contributed by atoms with Gasteiger partial charge in [0.1, 0.15) is 0 Å². The molecule has 3 rings (SSSR count). The van der Waals surface area contributed by atoms with Crippen LogP contribution in [-0.4, -0.2) is 17.8 Å². The number of benzene rings is 1. The third-order valence-electron chi connectivity index (χ3n) is 3.18. The van der Waals surface area contributed by atoms with Crippen LogP contribution >= 0.6 is 22.9 Å². The lowest BCUT2D eigenvalue weighted by Crippen LogP contribution is -2.13. The van der Waals surface area contributed by atoms with E-state index in [4.69, 9.17) is 11.6 Å². The molecule has 2 heterocycles. The highest BCUT2D eigenvalue weighted by Gasteiger charge is 2.26. The summed E-state index contributed by atoms with van der Waals surface area (Å²) in [6, 6.07) is 12.5. The van der Waals surface area contributed by atoms with Gasteiger partial charge in [-0.1, -0.05) is 29.8 Å². The maximum absolute atomic E-state index is 5.92.